The molecule has 1 aliphatic rings. The van der Waals surface area contributed by atoms with E-state index in [0.717, 1.165) is 12.1 Å². The van der Waals surface area contributed by atoms with E-state index in [1.807, 2.05) is 19.0 Å². The molecule has 3 rings (SSSR count). The molecular weight excluding hydrogens is 266 g/mol. The molecule has 2 heterocycles. The van der Waals surface area contributed by atoms with E-state index < -0.39 is 25.1 Å². The number of benzene rings is 1. The molecule has 5 heteroatoms. The van der Waals surface area contributed by atoms with Crippen molar-refractivity contribution in [2.45, 2.75) is 18.8 Å². The first-order valence-electron chi connectivity index (χ1n) is 9.64. The minimum Gasteiger partial charge on any atom is -0.447 e. The Morgan fingerprint density at radius 3 is 3.14 bits per heavy atom. The van der Waals surface area contributed by atoms with Gasteiger partial charge in [0.05, 0.1) is 8.78 Å². The van der Waals surface area contributed by atoms with E-state index in [0.29, 0.717) is 17.3 Å². The van der Waals surface area contributed by atoms with E-state index in [2.05, 4.69) is 4.74 Å². The Labute approximate surface area is 132 Å². The third-order valence-corrected chi connectivity index (χ3v) is 3.33. The Morgan fingerprint density at radius 2 is 2.43 bits per heavy atom. The number of aromatic amines is 1. The Balaban J connectivity index is 2.05. The molecule has 112 valence electrons. The number of H-pyrrole nitrogens is 1. The SMILES string of the molecule is [2H]N1C(=O)OC([2H])([2H])[C@@H]1C([2H])([2H])c1ccc2c(c1)c(CCN(C)C)cn2[2H]. The van der Waals surface area contributed by atoms with Crippen molar-refractivity contribution in [2.75, 3.05) is 27.2 Å². The van der Waals surface area contributed by atoms with Gasteiger partial charge in [-0.15, -0.1) is 0 Å². The van der Waals surface area contributed by atoms with Gasteiger partial charge >= 0.3 is 6.09 Å². The fourth-order valence-corrected chi connectivity index (χ4v) is 2.24. The van der Waals surface area contributed by atoms with Crippen molar-refractivity contribution >= 4 is 17.0 Å². The van der Waals surface area contributed by atoms with Crippen LogP contribution in [0.5, 0.6) is 0 Å². The van der Waals surface area contributed by atoms with Crippen LogP contribution in [0.1, 0.15) is 16.6 Å². The highest BCUT2D eigenvalue weighted by Crippen LogP contribution is 2.21. The van der Waals surface area contributed by atoms with Crippen LogP contribution >= 0.6 is 0 Å². The number of alkyl carbamates (subject to hydrolysis) is 1. The quantitative estimate of drug-likeness (QED) is 0.885. The topological polar surface area (TPSA) is 57.4 Å². The molecular formula is C16H21N3O2. The van der Waals surface area contributed by atoms with E-state index in [1.54, 1.807) is 18.3 Å². The number of nitrogens with one attached hydrogen (secondary N) is 2. The number of hydrogen-bond donors (Lipinski definition) is 2. The highest BCUT2D eigenvalue weighted by molar-refractivity contribution is 5.84. The number of amides is 1. The summed E-state index contributed by atoms with van der Waals surface area (Å²) < 4.78 is 52.8. The molecule has 1 aromatic carbocycles. The van der Waals surface area contributed by atoms with Crippen LogP contribution in [0.15, 0.2) is 24.4 Å². The lowest BCUT2D eigenvalue weighted by Gasteiger charge is -2.09. The van der Waals surface area contributed by atoms with Gasteiger partial charge in [-0.2, -0.15) is 0 Å². The standard InChI is InChI=1S/C16H21N3O2/c1-19(2)6-5-12-9-17-15-4-3-11(8-14(12)15)7-13-10-21-16(20)18-13/h3-4,8-9,13,17H,5-7,10H2,1-2H3,(H,18,20)/t13-/m0/s1/i7D2,10D2/hD2. The molecule has 0 aliphatic carbocycles. The first-order chi connectivity index (χ1) is 12.4. The van der Waals surface area contributed by atoms with Crippen LogP contribution in [0.4, 0.5) is 4.79 Å². The number of cyclic esters (lactones) is 1. The van der Waals surface area contributed by atoms with Crippen molar-refractivity contribution in [3.8, 4) is 0 Å². The zero-order valence-corrected chi connectivity index (χ0v) is 12.0. The second-order valence-electron chi connectivity index (χ2n) is 5.23. The molecule has 1 aliphatic heterocycles. The van der Waals surface area contributed by atoms with Gasteiger partial charge in [0.1, 0.15) is 6.56 Å². The number of carbonyl (C=O) groups is 1. The summed E-state index contributed by atoms with van der Waals surface area (Å²) >= 11 is 0. The maximum Gasteiger partial charge on any atom is 0.407 e. The van der Waals surface area contributed by atoms with Crippen LogP contribution in [0.25, 0.3) is 10.9 Å². The molecule has 1 fully saturated rings. The van der Waals surface area contributed by atoms with Crippen molar-refractivity contribution in [1.29, 1.82) is 0 Å². The summed E-state index contributed by atoms with van der Waals surface area (Å²) in [6.07, 6.45) is -1.25. The molecule has 5 nitrogen and oxygen atoms in total. The lowest BCUT2D eigenvalue weighted by Crippen LogP contribution is -2.28. The zero-order chi connectivity index (χ0) is 20.1. The lowest BCUT2D eigenvalue weighted by atomic mass is 10.0. The third kappa shape index (κ3) is 3.19. The highest BCUT2D eigenvalue weighted by atomic mass is 16.6. The number of aromatic nitrogens is 1. The van der Waals surface area contributed by atoms with Gasteiger partial charge in [-0.3, -0.25) is 0 Å². The number of likely N-dealkylation sites (N-methyl/N-ethyl adjacent to an activating group) is 1. The monoisotopic (exact) mass is 293 g/mol. The Bertz CT molecular complexity index is 882. The molecule has 0 spiro atoms. The van der Waals surface area contributed by atoms with Crippen LogP contribution in [0, 0.1) is 0 Å². The number of nitrogens with zero attached hydrogens (tertiary/aromatic N) is 1. The smallest absolute Gasteiger partial charge is 0.407 e. The lowest BCUT2D eigenvalue weighted by molar-refractivity contribution is 0.177. The third-order valence-electron chi connectivity index (χ3n) is 3.33. The normalized spacial score (nSPS) is 26.0. The number of fused-ring (bicyclic) bond motifs is 1. The molecule has 0 radical (unpaired) electrons. The van der Waals surface area contributed by atoms with Crippen molar-refractivity contribution in [3.63, 3.8) is 0 Å². The second-order valence-corrected chi connectivity index (χ2v) is 5.23. The van der Waals surface area contributed by atoms with Crippen LogP contribution in [0.3, 0.4) is 0 Å². The largest absolute Gasteiger partial charge is 0.447 e. The van der Waals surface area contributed by atoms with Gasteiger partial charge in [0.25, 0.3) is 0 Å². The van der Waals surface area contributed by atoms with Crippen molar-refractivity contribution in [1.82, 2.24) is 15.2 Å². The summed E-state index contributed by atoms with van der Waals surface area (Å²) in [4.78, 5) is 14.8. The summed E-state index contributed by atoms with van der Waals surface area (Å²) in [6, 6.07) is 2.86. The van der Waals surface area contributed by atoms with Gasteiger partial charge in [-0.25, -0.2) is 4.79 Å². The average molecular weight is 293 g/mol. The highest BCUT2D eigenvalue weighted by Gasteiger charge is 2.22. The molecule has 21 heavy (non-hydrogen) atoms. The van der Waals surface area contributed by atoms with Crippen molar-refractivity contribution in [3.05, 3.63) is 35.5 Å². The molecule has 1 amide bonds. The summed E-state index contributed by atoms with van der Waals surface area (Å²) in [7, 11) is 3.87. The van der Waals surface area contributed by atoms with Crippen LogP contribution < -0.4 is 5.31 Å². The van der Waals surface area contributed by atoms with E-state index in [-0.39, 0.29) is 10.9 Å². The van der Waals surface area contributed by atoms with Crippen molar-refractivity contribution < 1.29 is 17.8 Å². The van der Waals surface area contributed by atoms with Gasteiger partial charge in [-0.05, 0) is 50.1 Å². The number of hydrogen-bond acceptors (Lipinski definition) is 3. The molecule has 0 saturated carbocycles. The van der Waals surface area contributed by atoms with E-state index in [4.69, 9.17) is 8.31 Å². The van der Waals surface area contributed by atoms with Crippen LogP contribution in [0.2, 0.25) is 2.82 Å². The molecule has 0 bridgehead atoms. The Hall–Kier alpha value is -2.01. The van der Waals surface area contributed by atoms with Crippen LogP contribution in [-0.2, 0) is 17.5 Å². The van der Waals surface area contributed by atoms with Crippen LogP contribution in [-0.4, -0.2) is 49.2 Å². The molecule has 2 N–H and O–H groups in total. The van der Waals surface area contributed by atoms with Gasteiger partial charge in [-0.1, -0.05) is 6.07 Å². The average Bonchev–Trinajstić information content (AvgIpc) is 2.98. The van der Waals surface area contributed by atoms with Gasteiger partial charge in [0.2, 0.25) is 0 Å². The predicted molar refractivity (Wildman–Crippen MR) is 82.5 cm³/mol. The number of carbonyl (C=O) groups excluding carboxylic acids is 1. The molecule has 1 saturated heterocycles. The fourth-order valence-electron chi connectivity index (χ4n) is 2.24. The van der Waals surface area contributed by atoms with Gasteiger partial charge in [0, 0.05) is 26.4 Å². The fraction of sp³-hybridized carbons (Fsp3) is 0.438. The molecule has 0 unspecified atom stereocenters. The maximum absolute atomic E-state index is 11.6. The predicted octanol–water partition coefficient (Wildman–Crippen LogP) is 1.92. The molecule has 2 aromatic rings. The minimum atomic E-state index is -2.63. The van der Waals surface area contributed by atoms with E-state index >= 15 is 0 Å². The van der Waals surface area contributed by atoms with Gasteiger partial charge < -0.3 is 19.9 Å². The second kappa shape index (κ2) is 5.77. The number of ether oxygens (including phenoxy) is 1. The van der Waals surface area contributed by atoms with Crippen molar-refractivity contribution in [2.24, 2.45) is 0 Å². The Morgan fingerprint density at radius 1 is 1.57 bits per heavy atom. The van der Waals surface area contributed by atoms with E-state index in [9.17, 15) is 4.79 Å². The summed E-state index contributed by atoms with van der Waals surface area (Å²) in [5, 5.41) is 0.905. The maximum atomic E-state index is 11.6. The Kier molecular flexibility index (Phi) is 2.32. The minimum absolute atomic E-state index is 0.122. The summed E-state index contributed by atoms with van der Waals surface area (Å²) in [5.74, 6) is 0. The first-order valence-corrected chi connectivity index (χ1v) is 6.74. The zero-order valence-electron chi connectivity index (χ0n) is 18.0. The summed E-state index contributed by atoms with van der Waals surface area (Å²) in [6.45, 7) is -1.88. The van der Waals surface area contributed by atoms with E-state index in [1.165, 1.54) is 11.0 Å². The number of rotatable bonds is 5. The summed E-state index contributed by atoms with van der Waals surface area (Å²) in [5.41, 5.74) is 1.60. The molecule has 1 aromatic heterocycles. The molecule has 1 atom stereocenters. The first kappa shape index (κ1) is 8.44. The van der Waals surface area contributed by atoms with Gasteiger partial charge in [0.15, 0.2) is 2.82 Å².